The van der Waals surface area contributed by atoms with Crippen molar-refractivity contribution in [2.75, 3.05) is 6.54 Å². The van der Waals surface area contributed by atoms with Gasteiger partial charge in [0.15, 0.2) is 0 Å². The highest BCUT2D eigenvalue weighted by atomic mass is 32.1. The summed E-state index contributed by atoms with van der Waals surface area (Å²) in [7, 11) is 0. The van der Waals surface area contributed by atoms with E-state index in [1.165, 1.54) is 17.4 Å². The molecule has 2 aromatic heterocycles. The van der Waals surface area contributed by atoms with E-state index < -0.39 is 5.60 Å². The number of carbonyl (C=O) groups is 1. The molecule has 0 spiro atoms. The lowest BCUT2D eigenvalue weighted by molar-refractivity contribution is -0.117. The predicted molar refractivity (Wildman–Crippen MR) is 80.3 cm³/mol. The van der Waals surface area contributed by atoms with Crippen molar-refractivity contribution in [1.82, 2.24) is 5.32 Å². The Morgan fingerprint density at radius 1 is 1.37 bits per heavy atom. The summed E-state index contributed by atoms with van der Waals surface area (Å²) in [6, 6.07) is 7.62. The highest BCUT2D eigenvalue weighted by Crippen LogP contribution is 2.24. The second-order valence-electron chi connectivity index (χ2n) is 4.32. The molecule has 0 aliphatic rings. The van der Waals surface area contributed by atoms with E-state index in [4.69, 9.17) is 0 Å². The Bertz CT molecular complexity index is 542. The topological polar surface area (TPSA) is 49.3 Å². The Hall–Kier alpha value is -1.43. The molecule has 5 heteroatoms. The maximum absolute atomic E-state index is 11.7. The van der Waals surface area contributed by atoms with Gasteiger partial charge in [-0.15, -0.1) is 22.7 Å². The van der Waals surface area contributed by atoms with Crippen LogP contribution < -0.4 is 5.32 Å². The Morgan fingerprint density at radius 3 is 2.74 bits per heavy atom. The summed E-state index contributed by atoms with van der Waals surface area (Å²) >= 11 is 3.05. The first kappa shape index (κ1) is 14.0. The van der Waals surface area contributed by atoms with Gasteiger partial charge in [0.05, 0.1) is 6.54 Å². The third-order valence-electron chi connectivity index (χ3n) is 2.60. The number of hydrogen-bond acceptors (Lipinski definition) is 4. The van der Waals surface area contributed by atoms with Gasteiger partial charge in [0, 0.05) is 15.8 Å². The van der Waals surface area contributed by atoms with Gasteiger partial charge in [0.25, 0.3) is 0 Å². The number of nitrogens with one attached hydrogen (secondary N) is 1. The van der Waals surface area contributed by atoms with Gasteiger partial charge in [-0.3, -0.25) is 4.79 Å². The van der Waals surface area contributed by atoms with Crippen LogP contribution in [0, 0.1) is 0 Å². The van der Waals surface area contributed by atoms with E-state index in [2.05, 4.69) is 5.32 Å². The maximum Gasteiger partial charge on any atom is 0.244 e. The van der Waals surface area contributed by atoms with Gasteiger partial charge >= 0.3 is 0 Å². The average molecular weight is 293 g/mol. The first-order chi connectivity index (χ1) is 9.08. The van der Waals surface area contributed by atoms with Crippen LogP contribution in [0.25, 0.3) is 6.08 Å². The summed E-state index contributed by atoms with van der Waals surface area (Å²) in [5.74, 6) is -0.203. The molecule has 2 N–H and O–H groups in total. The van der Waals surface area contributed by atoms with Crippen molar-refractivity contribution in [1.29, 1.82) is 0 Å². The lowest BCUT2D eigenvalue weighted by Crippen LogP contribution is -2.37. The van der Waals surface area contributed by atoms with Crippen LogP contribution in [-0.4, -0.2) is 17.6 Å². The quantitative estimate of drug-likeness (QED) is 0.833. The lowest BCUT2D eigenvalue weighted by Gasteiger charge is -2.21. The molecule has 1 atom stereocenters. The Morgan fingerprint density at radius 2 is 2.11 bits per heavy atom. The number of aliphatic hydroxyl groups is 1. The third kappa shape index (κ3) is 4.02. The molecule has 0 fully saturated rings. The minimum atomic E-state index is -1.03. The minimum Gasteiger partial charge on any atom is -0.383 e. The summed E-state index contributed by atoms with van der Waals surface area (Å²) < 4.78 is 0. The molecule has 0 aliphatic heterocycles. The van der Waals surface area contributed by atoms with Crippen LogP contribution >= 0.6 is 22.7 Å². The number of hydrogen-bond donors (Lipinski definition) is 2. The molecule has 2 heterocycles. The molecule has 0 bridgehead atoms. The summed E-state index contributed by atoms with van der Waals surface area (Å²) in [5, 5.41) is 16.8. The van der Waals surface area contributed by atoms with Crippen LogP contribution in [0.15, 0.2) is 41.1 Å². The zero-order valence-electron chi connectivity index (χ0n) is 10.5. The van der Waals surface area contributed by atoms with E-state index in [1.807, 2.05) is 35.0 Å². The molecule has 0 aromatic carbocycles. The van der Waals surface area contributed by atoms with Crippen molar-refractivity contribution in [3.63, 3.8) is 0 Å². The zero-order valence-corrected chi connectivity index (χ0v) is 12.1. The fourth-order valence-corrected chi connectivity index (χ4v) is 2.94. The van der Waals surface area contributed by atoms with E-state index in [1.54, 1.807) is 24.3 Å². The van der Waals surface area contributed by atoms with E-state index >= 15 is 0 Å². The SMILES string of the molecule is CC(O)(CNC(=O)/C=C/c1cccs1)c1cccs1. The van der Waals surface area contributed by atoms with Crippen LogP contribution in [0.1, 0.15) is 16.7 Å². The molecule has 0 saturated heterocycles. The van der Waals surface area contributed by atoms with Crippen LogP contribution in [0.3, 0.4) is 0 Å². The van der Waals surface area contributed by atoms with Crippen LogP contribution in [0.5, 0.6) is 0 Å². The first-order valence-electron chi connectivity index (χ1n) is 5.84. The molecule has 2 rings (SSSR count). The van der Waals surface area contributed by atoms with Crippen molar-refractivity contribution >= 4 is 34.7 Å². The second kappa shape index (κ2) is 6.14. The normalized spacial score (nSPS) is 14.4. The molecule has 100 valence electrons. The largest absolute Gasteiger partial charge is 0.383 e. The van der Waals surface area contributed by atoms with Gasteiger partial charge in [-0.25, -0.2) is 0 Å². The highest BCUT2D eigenvalue weighted by Gasteiger charge is 2.24. The highest BCUT2D eigenvalue weighted by molar-refractivity contribution is 7.10. The maximum atomic E-state index is 11.7. The zero-order chi connectivity index (χ0) is 13.7. The van der Waals surface area contributed by atoms with Gasteiger partial charge in [-0.2, -0.15) is 0 Å². The second-order valence-corrected chi connectivity index (χ2v) is 6.24. The molecule has 2 aromatic rings. The minimum absolute atomic E-state index is 0.196. The van der Waals surface area contributed by atoms with Crippen molar-refractivity contribution in [2.45, 2.75) is 12.5 Å². The van der Waals surface area contributed by atoms with Crippen molar-refractivity contribution in [3.8, 4) is 0 Å². The predicted octanol–water partition coefficient (Wildman–Crippen LogP) is 2.85. The van der Waals surface area contributed by atoms with E-state index in [0.29, 0.717) is 0 Å². The average Bonchev–Trinajstić information content (AvgIpc) is 3.06. The molecule has 0 saturated carbocycles. The number of rotatable bonds is 5. The lowest BCUT2D eigenvalue weighted by atomic mass is 10.1. The summed E-state index contributed by atoms with van der Waals surface area (Å²) in [6.07, 6.45) is 3.25. The molecule has 0 aliphatic carbocycles. The number of amides is 1. The van der Waals surface area contributed by atoms with E-state index in [0.717, 1.165) is 9.75 Å². The Kier molecular flexibility index (Phi) is 4.52. The van der Waals surface area contributed by atoms with Gasteiger partial charge < -0.3 is 10.4 Å². The van der Waals surface area contributed by atoms with Gasteiger partial charge in [0.2, 0.25) is 5.91 Å². The van der Waals surface area contributed by atoms with Gasteiger partial charge in [-0.05, 0) is 35.9 Å². The van der Waals surface area contributed by atoms with Crippen molar-refractivity contribution in [3.05, 3.63) is 50.9 Å². The molecule has 19 heavy (non-hydrogen) atoms. The van der Waals surface area contributed by atoms with Crippen molar-refractivity contribution in [2.24, 2.45) is 0 Å². The van der Waals surface area contributed by atoms with Crippen LogP contribution in [0.4, 0.5) is 0 Å². The van der Waals surface area contributed by atoms with E-state index in [-0.39, 0.29) is 12.5 Å². The fraction of sp³-hybridized carbons (Fsp3) is 0.214. The molecule has 3 nitrogen and oxygen atoms in total. The van der Waals surface area contributed by atoms with Gasteiger partial charge in [-0.1, -0.05) is 12.1 Å². The molecular formula is C14H15NO2S2. The number of thiophene rings is 2. The summed E-state index contributed by atoms with van der Waals surface area (Å²) in [6.45, 7) is 1.89. The smallest absolute Gasteiger partial charge is 0.244 e. The van der Waals surface area contributed by atoms with Crippen LogP contribution in [0.2, 0.25) is 0 Å². The first-order valence-corrected chi connectivity index (χ1v) is 7.60. The molecule has 1 unspecified atom stereocenters. The Labute approximate surface area is 120 Å². The standard InChI is InChI=1S/C14H15NO2S2/c1-14(17,12-5-3-9-19-12)10-15-13(16)7-6-11-4-2-8-18-11/h2-9,17H,10H2,1H3,(H,15,16)/b7-6+. The summed E-state index contributed by atoms with van der Waals surface area (Å²) in [5.41, 5.74) is -1.03. The fourth-order valence-electron chi connectivity index (χ4n) is 1.53. The van der Waals surface area contributed by atoms with Gasteiger partial charge in [0.1, 0.15) is 5.60 Å². The van der Waals surface area contributed by atoms with E-state index in [9.17, 15) is 9.90 Å². The molecule has 1 amide bonds. The molecular weight excluding hydrogens is 278 g/mol. The number of carbonyl (C=O) groups excluding carboxylic acids is 1. The summed E-state index contributed by atoms with van der Waals surface area (Å²) in [4.78, 5) is 13.5. The molecule has 0 radical (unpaired) electrons. The Balaban J connectivity index is 1.87. The van der Waals surface area contributed by atoms with Crippen LogP contribution in [-0.2, 0) is 10.4 Å². The third-order valence-corrected chi connectivity index (χ3v) is 4.56. The van der Waals surface area contributed by atoms with Crippen molar-refractivity contribution < 1.29 is 9.90 Å². The monoisotopic (exact) mass is 293 g/mol.